The topological polar surface area (TPSA) is 55.5 Å². The smallest absolute Gasteiger partial charge is 0.123 e. The number of methoxy groups -OCH3 is 1. The summed E-state index contributed by atoms with van der Waals surface area (Å²) in [7, 11) is 1.64. The molecule has 14 heavy (non-hydrogen) atoms. The Kier molecular flexibility index (Phi) is 4.43. The first-order valence-electron chi connectivity index (χ1n) is 4.79. The predicted molar refractivity (Wildman–Crippen MR) is 56.2 cm³/mol. The lowest BCUT2D eigenvalue weighted by Crippen LogP contribution is -2.11. The molecule has 1 atom stereocenters. The number of aliphatic hydroxyl groups excluding tert-OH is 1. The summed E-state index contributed by atoms with van der Waals surface area (Å²) in [5, 5.41) is 8.70. The fourth-order valence-electron chi connectivity index (χ4n) is 1.44. The van der Waals surface area contributed by atoms with E-state index < -0.39 is 0 Å². The summed E-state index contributed by atoms with van der Waals surface area (Å²) in [6.45, 7) is 0.183. The number of hydrogen-bond acceptors (Lipinski definition) is 3. The van der Waals surface area contributed by atoms with Gasteiger partial charge in [0.1, 0.15) is 5.75 Å². The maximum atomic E-state index is 8.70. The van der Waals surface area contributed by atoms with Crippen molar-refractivity contribution in [1.29, 1.82) is 0 Å². The third-order valence-electron chi connectivity index (χ3n) is 2.21. The molecule has 0 radical (unpaired) electrons. The van der Waals surface area contributed by atoms with E-state index >= 15 is 0 Å². The van der Waals surface area contributed by atoms with Crippen LogP contribution in [0.25, 0.3) is 0 Å². The van der Waals surface area contributed by atoms with Crippen LogP contribution in [-0.4, -0.2) is 18.8 Å². The van der Waals surface area contributed by atoms with Crippen molar-refractivity contribution in [3.05, 3.63) is 29.8 Å². The Balaban J connectivity index is 2.72. The summed E-state index contributed by atoms with van der Waals surface area (Å²) in [4.78, 5) is 0. The van der Waals surface area contributed by atoms with Crippen molar-refractivity contribution in [2.45, 2.75) is 18.9 Å². The highest BCUT2D eigenvalue weighted by Crippen LogP contribution is 2.25. The Morgan fingerprint density at radius 1 is 1.43 bits per heavy atom. The lowest BCUT2D eigenvalue weighted by molar-refractivity contribution is 0.279. The summed E-state index contributed by atoms with van der Waals surface area (Å²) >= 11 is 0. The molecule has 0 aliphatic heterocycles. The Labute approximate surface area is 84.5 Å². The number of para-hydroxylation sites is 1. The van der Waals surface area contributed by atoms with Crippen molar-refractivity contribution in [2.75, 3.05) is 13.7 Å². The molecule has 0 saturated carbocycles. The van der Waals surface area contributed by atoms with E-state index in [1.54, 1.807) is 7.11 Å². The van der Waals surface area contributed by atoms with Crippen LogP contribution in [0.3, 0.4) is 0 Å². The van der Waals surface area contributed by atoms with Crippen LogP contribution < -0.4 is 10.5 Å². The van der Waals surface area contributed by atoms with Crippen molar-refractivity contribution in [2.24, 2.45) is 5.73 Å². The summed E-state index contributed by atoms with van der Waals surface area (Å²) < 4.78 is 5.20. The molecule has 3 N–H and O–H groups in total. The second-order valence-electron chi connectivity index (χ2n) is 3.21. The minimum atomic E-state index is -0.0571. The summed E-state index contributed by atoms with van der Waals surface area (Å²) in [6, 6.07) is 7.66. The quantitative estimate of drug-likeness (QED) is 0.748. The molecule has 0 aliphatic rings. The van der Waals surface area contributed by atoms with Crippen LogP contribution in [0.1, 0.15) is 24.4 Å². The number of hydrogen-bond donors (Lipinski definition) is 2. The molecule has 0 unspecified atom stereocenters. The van der Waals surface area contributed by atoms with Crippen molar-refractivity contribution < 1.29 is 9.84 Å². The maximum absolute atomic E-state index is 8.70. The summed E-state index contributed by atoms with van der Waals surface area (Å²) in [5.74, 6) is 0.818. The summed E-state index contributed by atoms with van der Waals surface area (Å²) in [5.41, 5.74) is 6.97. The van der Waals surface area contributed by atoms with Crippen molar-refractivity contribution >= 4 is 0 Å². The highest BCUT2D eigenvalue weighted by Gasteiger charge is 2.10. The fraction of sp³-hybridized carbons (Fsp3) is 0.455. The van der Waals surface area contributed by atoms with Crippen molar-refractivity contribution in [1.82, 2.24) is 0 Å². The van der Waals surface area contributed by atoms with Gasteiger partial charge in [0.2, 0.25) is 0 Å². The molecule has 3 nitrogen and oxygen atoms in total. The Bertz CT molecular complexity index is 276. The van der Waals surface area contributed by atoms with E-state index in [1.807, 2.05) is 24.3 Å². The monoisotopic (exact) mass is 195 g/mol. The largest absolute Gasteiger partial charge is 0.496 e. The fourth-order valence-corrected chi connectivity index (χ4v) is 1.44. The zero-order chi connectivity index (χ0) is 10.4. The molecule has 1 rings (SSSR count). The van der Waals surface area contributed by atoms with E-state index in [0.29, 0.717) is 0 Å². The minimum Gasteiger partial charge on any atom is -0.496 e. The van der Waals surface area contributed by atoms with Crippen LogP contribution in [0, 0.1) is 0 Å². The lowest BCUT2D eigenvalue weighted by Gasteiger charge is -2.14. The van der Waals surface area contributed by atoms with E-state index in [4.69, 9.17) is 15.6 Å². The second-order valence-corrected chi connectivity index (χ2v) is 3.21. The van der Waals surface area contributed by atoms with Crippen LogP contribution in [-0.2, 0) is 0 Å². The molecule has 0 saturated heterocycles. The number of nitrogens with two attached hydrogens (primary N) is 1. The predicted octanol–water partition coefficient (Wildman–Crippen LogP) is 1.47. The van der Waals surface area contributed by atoms with Gasteiger partial charge in [-0.05, 0) is 18.9 Å². The molecule has 0 fully saturated rings. The zero-order valence-corrected chi connectivity index (χ0v) is 8.44. The van der Waals surface area contributed by atoms with Gasteiger partial charge in [-0.15, -0.1) is 0 Å². The van der Waals surface area contributed by atoms with Crippen LogP contribution >= 0.6 is 0 Å². The molecule has 1 aromatic carbocycles. The Morgan fingerprint density at radius 2 is 2.14 bits per heavy atom. The molecule has 0 aliphatic carbocycles. The van der Waals surface area contributed by atoms with Gasteiger partial charge in [0.15, 0.2) is 0 Å². The molecule has 3 heteroatoms. The molecular weight excluding hydrogens is 178 g/mol. The van der Waals surface area contributed by atoms with Gasteiger partial charge < -0.3 is 15.6 Å². The van der Waals surface area contributed by atoms with Gasteiger partial charge in [0, 0.05) is 18.2 Å². The van der Waals surface area contributed by atoms with E-state index in [-0.39, 0.29) is 12.6 Å². The molecule has 0 amide bonds. The normalized spacial score (nSPS) is 12.5. The maximum Gasteiger partial charge on any atom is 0.123 e. The number of aliphatic hydroxyl groups is 1. The number of ether oxygens (including phenoxy) is 1. The highest BCUT2D eigenvalue weighted by molar-refractivity contribution is 5.35. The highest BCUT2D eigenvalue weighted by atomic mass is 16.5. The third-order valence-corrected chi connectivity index (χ3v) is 2.21. The van der Waals surface area contributed by atoms with Gasteiger partial charge in [-0.3, -0.25) is 0 Å². The lowest BCUT2D eigenvalue weighted by atomic mass is 10.0. The van der Waals surface area contributed by atoms with Crippen LogP contribution in [0.4, 0.5) is 0 Å². The molecule has 0 bridgehead atoms. The Hall–Kier alpha value is -1.06. The zero-order valence-electron chi connectivity index (χ0n) is 8.44. The number of benzene rings is 1. The van der Waals surface area contributed by atoms with Crippen LogP contribution in [0.2, 0.25) is 0 Å². The Morgan fingerprint density at radius 3 is 2.79 bits per heavy atom. The van der Waals surface area contributed by atoms with Gasteiger partial charge in [0.25, 0.3) is 0 Å². The van der Waals surface area contributed by atoms with Crippen molar-refractivity contribution in [3.63, 3.8) is 0 Å². The molecule has 1 aromatic rings. The van der Waals surface area contributed by atoms with E-state index in [2.05, 4.69) is 0 Å². The van der Waals surface area contributed by atoms with Gasteiger partial charge in [-0.1, -0.05) is 18.2 Å². The minimum absolute atomic E-state index is 0.0571. The third kappa shape index (κ3) is 2.72. The van der Waals surface area contributed by atoms with Gasteiger partial charge >= 0.3 is 0 Å². The standard InChI is InChI=1S/C11H17NO2/c1-14-11-7-3-2-5-9(11)10(12)6-4-8-13/h2-3,5,7,10,13H,4,6,8,12H2,1H3/t10-/m0/s1. The number of rotatable bonds is 5. The molecular formula is C11H17NO2. The average Bonchev–Trinajstić information content (AvgIpc) is 2.25. The first kappa shape index (κ1) is 11.0. The van der Waals surface area contributed by atoms with Gasteiger partial charge in [-0.25, -0.2) is 0 Å². The van der Waals surface area contributed by atoms with E-state index in [9.17, 15) is 0 Å². The second kappa shape index (κ2) is 5.62. The van der Waals surface area contributed by atoms with Gasteiger partial charge in [-0.2, -0.15) is 0 Å². The van der Waals surface area contributed by atoms with Crippen molar-refractivity contribution in [3.8, 4) is 5.75 Å². The first-order chi connectivity index (χ1) is 6.79. The molecule has 0 aromatic heterocycles. The molecule has 0 heterocycles. The van der Waals surface area contributed by atoms with Crippen LogP contribution in [0.5, 0.6) is 5.75 Å². The molecule has 0 spiro atoms. The SMILES string of the molecule is COc1ccccc1[C@@H](N)CCCO. The van der Waals surface area contributed by atoms with E-state index in [0.717, 1.165) is 24.2 Å². The van der Waals surface area contributed by atoms with Gasteiger partial charge in [0.05, 0.1) is 7.11 Å². The molecule has 78 valence electrons. The summed E-state index contributed by atoms with van der Waals surface area (Å²) in [6.07, 6.45) is 1.50. The first-order valence-corrected chi connectivity index (χ1v) is 4.79. The average molecular weight is 195 g/mol. The van der Waals surface area contributed by atoms with E-state index in [1.165, 1.54) is 0 Å². The van der Waals surface area contributed by atoms with Crippen LogP contribution in [0.15, 0.2) is 24.3 Å².